The zero-order chi connectivity index (χ0) is 26.4. The number of nitriles is 1. The molecule has 1 aliphatic rings. The lowest BCUT2D eigenvalue weighted by Gasteiger charge is -2.43. The van der Waals surface area contributed by atoms with Gasteiger partial charge in [0.2, 0.25) is 5.72 Å². The Kier molecular flexibility index (Phi) is 7.83. The van der Waals surface area contributed by atoms with E-state index in [-0.39, 0.29) is 0 Å². The largest absolute Gasteiger partial charge is 0.431 e. The molecule has 0 spiro atoms. The molecule has 0 saturated heterocycles. The minimum Gasteiger partial charge on any atom is -0.431 e. The maximum Gasteiger partial charge on any atom is 0.340 e. The van der Waals surface area contributed by atoms with E-state index in [4.69, 9.17) is 16.3 Å². The van der Waals surface area contributed by atoms with Crippen molar-refractivity contribution in [3.8, 4) is 6.07 Å². The van der Waals surface area contributed by atoms with Crippen LogP contribution in [0.1, 0.15) is 39.4 Å². The van der Waals surface area contributed by atoms with Crippen molar-refractivity contribution in [3.63, 3.8) is 0 Å². The molecular formula is C32H25ClN2O2S. The predicted octanol–water partition coefficient (Wildman–Crippen LogP) is 7.80. The van der Waals surface area contributed by atoms with Gasteiger partial charge in [0.1, 0.15) is 0 Å². The number of carbonyl (C=O) groups excluding carboxylic acids is 1. The molecule has 2 atom stereocenters. The first kappa shape index (κ1) is 25.7. The minimum atomic E-state index is -1.22. The van der Waals surface area contributed by atoms with Crippen LogP contribution in [0.2, 0.25) is 5.02 Å². The van der Waals surface area contributed by atoms with Gasteiger partial charge in [-0.2, -0.15) is 5.26 Å². The van der Waals surface area contributed by atoms with E-state index in [1.54, 1.807) is 12.1 Å². The van der Waals surface area contributed by atoms with Crippen LogP contribution in [-0.2, 0) is 16.2 Å². The highest BCUT2D eigenvalue weighted by Gasteiger charge is 2.46. The molecule has 0 fully saturated rings. The third-order valence-corrected chi connectivity index (χ3v) is 7.98. The molecule has 0 saturated carbocycles. The molecule has 4 nitrogen and oxygen atoms in total. The first-order valence-corrected chi connectivity index (χ1v) is 13.6. The van der Waals surface area contributed by atoms with Crippen LogP contribution in [0, 0.1) is 11.3 Å². The molecule has 0 aromatic heterocycles. The number of esters is 1. The van der Waals surface area contributed by atoms with Crippen LogP contribution in [0.15, 0.2) is 126 Å². The van der Waals surface area contributed by atoms with Crippen molar-refractivity contribution in [1.82, 2.24) is 5.32 Å². The second-order valence-corrected chi connectivity index (χ2v) is 10.4. The zero-order valence-electron chi connectivity index (χ0n) is 20.5. The number of hydrogen-bond donors (Lipinski definition) is 1. The van der Waals surface area contributed by atoms with Gasteiger partial charge in [-0.1, -0.05) is 109 Å². The lowest BCUT2D eigenvalue weighted by Crippen LogP contribution is -2.49. The molecule has 6 heteroatoms. The lowest BCUT2D eigenvalue weighted by atomic mass is 9.80. The molecule has 38 heavy (non-hydrogen) atoms. The summed E-state index contributed by atoms with van der Waals surface area (Å²) in [6, 6.07) is 38.6. The second kappa shape index (κ2) is 11.6. The number of halogens is 1. The maximum absolute atomic E-state index is 13.5. The van der Waals surface area contributed by atoms with E-state index in [2.05, 4.69) is 11.4 Å². The van der Waals surface area contributed by atoms with Gasteiger partial charge in [0.15, 0.2) is 0 Å². The Balaban J connectivity index is 1.63. The molecule has 0 unspecified atom stereocenters. The summed E-state index contributed by atoms with van der Waals surface area (Å²) in [6.45, 7) is 0. The highest BCUT2D eigenvalue weighted by Crippen LogP contribution is 2.48. The van der Waals surface area contributed by atoms with E-state index < -0.39 is 17.6 Å². The molecule has 1 heterocycles. The van der Waals surface area contributed by atoms with E-state index in [1.807, 2.05) is 103 Å². The molecule has 1 N–H and O–H groups in total. The summed E-state index contributed by atoms with van der Waals surface area (Å²) in [4.78, 5) is 13.5. The fourth-order valence-corrected chi connectivity index (χ4v) is 6.01. The monoisotopic (exact) mass is 536 g/mol. The van der Waals surface area contributed by atoms with E-state index in [1.165, 1.54) is 11.8 Å². The molecule has 4 aromatic rings. The van der Waals surface area contributed by atoms with E-state index >= 15 is 0 Å². The molecule has 5 rings (SSSR count). The van der Waals surface area contributed by atoms with Gasteiger partial charge < -0.3 is 10.1 Å². The average Bonchev–Trinajstić information content (AvgIpc) is 2.97. The Labute approximate surface area is 231 Å². The molecule has 0 amide bonds. The fourth-order valence-electron chi connectivity index (χ4n) is 4.66. The number of allylic oxidation sites excluding steroid dienone is 1. The first-order chi connectivity index (χ1) is 18.6. The number of rotatable bonds is 7. The first-order valence-electron chi connectivity index (χ1n) is 12.3. The van der Waals surface area contributed by atoms with E-state index in [0.717, 1.165) is 16.7 Å². The summed E-state index contributed by atoms with van der Waals surface area (Å²) in [5.41, 5.74) is 2.53. The van der Waals surface area contributed by atoms with Gasteiger partial charge in [-0.15, -0.1) is 11.8 Å². The van der Waals surface area contributed by atoms with Gasteiger partial charge >= 0.3 is 5.97 Å². The molecule has 0 aliphatic carbocycles. The number of thioether (sulfide) groups is 1. The van der Waals surface area contributed by atoms with Crippen molar-refractivity contribution in [2.24, 2.45) is 0 Å². The highest BCUT2D eigenvalue weighted by atomic mass is 35.5. The fraction of sp³-hybridized carbons (Fsp3) is 0.125. The van der Waals surface area contributed by atoms with Crippen LogP contribution in [-0.4, -0.2) is 5.97 Å². The van der Waals surface area contributed by atoms with Crippen molar-refractivity contribution in [2.45, 2.75) is 23.8 Å². The average molecular weight is 537 g/mol. The number of carbonyl (C=O) groups is 1. The van der Waals surface area contributed by atoms with Gasteiger partial charge in [0.05, 0.1) is 22.2 Å². The minimum absolute atomic E-state index is 0.303. The summed E-state index contributed by atoms with van der Waals surface area (Å²) in [7, 11) is 0. The van der Waals surface area contributed by atoms with E-state index in [9.17, 15) is 10.1 Å². The molecule has 0 radical (unpaired) electrons. The van der Waals surface area contributed by atoms with E-state index in [0.29, 0.717) is 33.4 Å². The summed E-state index contributed by atoms with van der Waals surface area (Å²) < 4.78 is 6.37. The zero-order valence-corrected chi connectivity index (χ0v) is 22.1. The highest BCUT2D eigenvalue weighted by molar-refractivity contribution is 8.02. The van der Waals surface area contributed by atoms with Crippen LogP contribution in [0.4, 0.5) is 0 Å². The number of ether oxygens (including phenoxy) is 1. The maximum atomic E-state index is 13.5. The molecule has 0 bridgehead atoms. The van der Waals surface area contributed by atoms with Crippen molar-refractivity contribution in [1.29, 1.82) is 5.26 Å². The Bertz CT molecular complexity index is 1490. The van der Waals surface area contributed by atoms with Gasteiger partial charge in [-0.05, 0) is 29.3 Å². The molecule has 4 aromatic carbocycles. The molecule has 1 aliphatic heterocycles. The van der Waals surface area contributed by atoms with Gasteiger partial charge in [-0.25, -0.2) is 4.79 Å². The smallest absolute Gasteiger partial charge is 0.340 e. The number of hydrogen-bond acceptors (Lipinski definition) is 5. The van der Waals surface area contributed by atoms with Crippen LogP contribution in [0.3, 0.4) is 0 Å². The number of nitrogens with zero attached hydrogens (tertiary/aromatic N) is 1. The van der Waals surface area contributed by atoms with Crippen LogP contribution in [0.5, 0.6) is 0 Å². The normalized spacial score (nSPS) is 18.8. The van der Waals surface area contributed by atoms with Crippen molar-refractivity contribution < 1.29 is 9.53 Å². The Hall–Kier alpha value is -3.98. The van der Waals surface area contributed by atoms with Crippen LogP contribution in [0.25, 0.3) is 0 Å². The molecular weight excluding hydrogens is 512 g/mol. The summed E-state index contributed by atoms with van der Waals surface area (Å²) >= 11 is 8.19. The predicted molar refractivity (Wildman–Crippen MR) is 152 cm³/mol. The lowest BCUT2D eigenvalue weighted by molar-refractivity contribution is -0.0455. The Morgan fingerprint density at radius 3 is 2.18 bits per heavy atom. The summed E-state index contributed by atoms with van der Waals surface area (Å²) in [5, 5.41) is 15.1. The quantitative estimate of drug-likeness (QED) is 0.244. The van der Waals surface area contributed by atoms with Crippen molar-refractivity contribution in [2.75, 3.05) is 0 Å². The van der Waals surface area contributed by atoms with Gasteiger partial charge in [0.25, 0.3) is 0 Å². The third kappa shape index (κ3) is 5.47. The topological polar surface area (TPSA) is 62.1 Å². The Morgan fingerprint density at radius 1 is 0.921 bits per heavy atom. The van der Waals surface area contributed by atoms with Gasteiger partial charge in [-0.3, -0.25) is 0 Å². The van der Waals surface area contributed by atoms with Crippen LogP contribution >= 0.6 is 23.4 Å². The third-order valence-electron chi connectivity index (χ3n) is 6.54. The SMILES string of the molecule is N#CC1=C(SCc2ccccc2)N[C@@](OC(=O)c2ccccc2)(c2ccccc2)C[C@H]1c1ccccc1Cl. The molecule has 188 valence electrons. The number of benzene rings is 4. The summed E-state index contributed by atoms with van der Waals surface area (Å²) in [6.07, 6.45) is 0.303. The van der Waals surface area contributed by atoms with Crippen molar-refractivity contribution >= 4 is 29.3 Å². The second-order valence-electron chi connectivity index (χ2n) is 8.98. The summed E-state index contributed by atoms with van der Waals surface area (Å²) in [5.74, 6) is -0.203. The van der Waals surface area contributed by atoms with Crippen molar-refractivity contribution in [3.05, 3.63) is 153 Å². The van der Waals surface area contributed by atoms with Crippen LogP contribution < -0.4 is 5.32 Å². The standard InChI is InChI=1S/C32H25ClN2O2S/c33-29-19-11-10-18-26(29)27-20-32(25-16-8-3-9-17-25,37-31(36)24-14-6-2-7-15-24)35-30(28(27)21-34)38-22-23-12-4-1-5-13-23/h1-19,27,35H,20,22H2/t27-,32-/m0/s1. The Morgan fingerprint density at radius 2 is 1.53 bits per heavy atom. The van der Waals surface area contributed by atoms with Gasteiger partial charge in [0, 0.05) is 28.7 Å². The number of nitrogens with one attached hydrogen (secondary N) is 1.